The van der Waals surface area contributed by atoms with Crippen molar-refractivity contribution in [2.75, 3.05) is 0 Å². The smallest absolute Gasteiger partial charge is 0.347 e. The first-order valence-electron chi connectivity index (χ1n) is 4.89. The van der Waals surface area contributed by atoms with Crippen LogP contribution in [0.1, 0.15) is 22.9 Å². The molecule has 1 atom stereocenters. The molecule has 0 saturated carbocycles. The molecule has 1 aromatic carbocycles. The van der Waals surface area contributed by atoms with Gasteiger partial charge in [-0.2, -0.15) is 13.2 Å². The number of alkyl halides is 3. The first kappa shape index (κ1) is 17.8. The molecule has 3 N–H and O–H groups in total. The predicted molar refractivity (Wildman–Crippen MR) is 70.6 cm³/mol. The molecule has 1 aromatic heterocycles. The molecule has 0 fully saturated rings. The van der Waals surface area contributed by atoms with Gasteiger partial charge in [-0.1, -0.05) is 12.1 Å². The van der Waals surface area contributed by atoms with Crippen LogP contribution in [0.3, 0.4) is 0 Å². The number of H-pyrrole nitrogens is 1. The van der Waals surface area contributed by atoms with Crippen LogP contribution < -0.4 is 5.73 Å². The number of rotatable bonds is 2. The number of aromatic amines is 1. The molecule has 0 aliphatic heterocycles. The normalized spacial score (nSPS) is 12.2. The van der Waals surface area contributed by atoms with Crippen molar-refractivity contribution < 1.29 is 13.2 Å². The van der Waals surface area contributed by atoms with Crippen molar-refractivity contribution in [2.45, 2.75) is 12.2 Å². The number of nitrogens with one attached hydrogen (secondary N) is 1. The molecule has 0 aliphatic rings. The van der Waals surface area contributed by atoms with E-state index in [9.17, 15) is 13.2 Å². The van der Waals surface area contributed by atoms with Gasteiger partial charge in [0.1, 0.15) is 0 Å². The second-order valence-corrected chi connectivity index (χ2v) is 3.61. The summed E-state index contributed by atoms with van der Waals surface area (Å²) in [5.41, 5.74) is 6.10. The Balaban J connectivity index is 0.00000162. The van der Waals surface area contributed by atoms with E-state index < -0.39 is 17.8 Å². The Kier molecular flexibility index (Phi) is 6.35. The maximum Gasteiger partial charge on any atom is 0.416 e. The highest BCUT2D eigenvalue weighted by Gasteiger charge is 2.30. The molecule has 1 heterocycles. The summed E-state index contributed by atoms with van der Waals surface area (Å²) in [5, 5.41) is 0. The fourth-order valence-corrected chi connectivity index (χ4v) is 1.52. The second-order valence-electron chi connectivity index (χ2n) is 3.61. The van der Waals surface area contributed by atoms with Gasteiger partial charge in [0.25, 0.3) is 0 Å². The number of hydrogen-bond donors (Lipinski definition) is 2. The Hall–Kier alpha value is -1.24. The third-order valence-electron chi connectivity index (χ3n) is 2.43. The summed E-state index contributed by atoms with van der Waals surface area (Å²) in [6.07, 6.45) is -1.43. The molecule has 0 bridgehead atoms. The van der Waals surface area contributed by atoms with Crippen LogP contribution in [0, 0.1) is 0 Å². The lowest BCUT2D eigenvalue weighted by Gasteiger charge is -2.13. The van der Waals surface area contributed by atoms with Gasteiger partial charge in [0.05, 0.1) is 23.6 Å². The SMILES string of the molecule is Cl.Cl.NC(c1cccc(C(F)(F)F)c1)c1cnc[nH]1. The minimum absolute atomic E-state index is 0. The van der Waals surface area contributed by atoms with Crippen molar-refractivity contribution in [1.29, 1.82) is 0 Å². The van der Waals surface area contributed by atoms with Crippen molar-refractivity contribution >= 4 is 24.8 Å². The largest absolute Gasteiger partial charge is 0.416 e. The van der Waals surface area contributed by atoms with Crippen molar-refractivity contribution in [1.82, 2.24) is 9.97 Å². The molecular formula is C11H12Cl2F3N3. The number of halogens is 5. The van der Waals surface area contributed by atoms with Gasteiger partial charge in [-0.3, -0.25) is 0 Å². The summed E-state index contributed by atoms with van der Waals surface area (Å²) >= 11 is 0. The maximum atomic E-state index is 12.5. The standard InChI is InChI=1S/C11H10F3N3.2ClH/c12-11(13,14)8-3-1-2-7(4-8)10(15)9-5-16-6-17-9;;/h1-6,10H,15H2,(H,16,17);2*1H. The molecule has 2 aromatic rings. The molecule has 0 radical (unpaired) electrons. The monoisotopic (exact) mass is 313 g/mol. The zero-order valence-corrected chi connectivity index (χ0v) is 11.1. The van der Waals surface area contributed by atoms with Gasteiger partial charge in [0.15, 0.2) is 0 Å². The van der Waals surface area contributed by atoms with E-state index in [1.807, 2.05) is 0 Å². The number of hydrogen-bond acceptors (Lipinski definition) is 2. The van der Waals surface area contributed by atoms with Crippen LogP contribution in [-0.2, 0) is 6.18 Å². The summed E-state index contributed by atoms with van der Waals surface area (Å²) in [7, 11) is 0. The fourth-order valence-electron chi connectivity index (χ4n) is 1.52. The minimum atomic E-state index is -4.36. The zero-order valence-electron chi connectivity index (χ0n) is 9.52. The Morgan fingerprint density at radius 3 is 2.42 bits per heavy atom. The molecular weight excluding hydrogens is 302 g/mol. The van der Waals surface area contributed by atoms with E-state index in [-0.39, 0.29) is 24.8 Å². The minimum Gasteiger partial charge on any atom is -0.347 e. The lowest BCUT2D eigenvalue weighted by Crippen LogP contribution is -2.14. The Morgan fingerprint density at radius 1 is 1.21 bits per heavy atom. The van der Waals surface area contributed by atoms with Crippen LogP contribution in [0.5, 0.6) is 0 Å². The van der Waals surface area contributed by atoms with Crippen molar-refractivity contribution in [3.8, 4) is 0 Å². The first-order chi connectivity index (χ1) is 7.98. The highest BCUT2D eigenvalue weighted by Crippen LogP contribution is 2.31. The quantitative estimate of drug-likeness (QED) is 0.893. The molecule has 3 nitrogen and oxygen atoms in total. The van der Waals surface area contributed by atoms with Crippen LogP contribution in [0.25, 0.3) is 0 Å². The maximum absolute atomic E-state index is 12.5. The van der Waals surface area contributed by atoms with Crippen molar-refractivity contribution in [3.05, 3.63) is 53.6 Å². The van der Waals surface area contributed by atoms with E-state index in [1.165, 1.54) is 18.6 Å². The molecule has 1 unspecified atom stereocenters. The van der Waals surface area contributed by atoms with E-state index in [4.69, 9.17) is 5.73 Å². The van der Waals surface area contributed by atoms with Gasteiger partial charge >= 0.3 is 6.18 Å². The lowest BCUT2D eigenvalue weighted by molar-refractivity contribution is -0.137. The van der Waals surface area contributed by atoms with Gasteiger partial charge in [-0.15, -0.1) is 24.8 Å². The van der Waals surface area contributed by atoms with Crippen LogP contribution >= 0.6 is 24.8 Å². The molecule has 0 spiro atoms. The summed E-state index contributed by atoms with van der Waals surface area (Å²) in [4.78, 5) is 6.56. The van der Waals surface area contributed by atoms with Gasteiger partial charge in [0.2, 0.25) is 0 Å². The fraction of sp³-hybridized carbons (Fsp3) is 0.182. The summed E-state index contributed by atoms with van der Waals surface area (Å²) in [5.74, 6) is 0. The molecule has 8 heteroatoms. The molecule has 106 valence electrons. The lowest BCUT2D eigenvalue weighted by atomic mass is 10.0. The van der Waals surface area contributed by atoms with E-state index in [0.29, 0.717) is 11.3 Å². The highest BCUT2D eigenvalue weighted by molar-refractivity contribution is 5.85. The third-order valence-corrected chi connectivity index (χ3v) is 2.43. The van der Waals surface area contributed by atoms with Gasteiger partial charge in [-0.05, 0) is 17.7 Å². The average Bonchev–Trinajstić information content (AvgIpc) is 2.80. The van der Waals surface area contributed by atoms with Crippen LogP contribution in [-0.4, -0.2) is 9.97 Å². The molecule has 0 aliphatic carbocycles. The number of nitrogens with zero attached hydrogens (tertiary/aromatic N) is 1. The number of aromatic nitrogens is 2. The zero-order chi connectivity index (χ0) is 12.5. The van der Waals surface area contributed by atoms with Crippen LogP contribution in [0.4, 0.5) is 13.2 Å². The highest BCUT2D eigenvalue weighted by atomic mass is 35.5. The van der Waals surface area contributed by atoms with Crippen molar-refractivity contribution in [3.63, 3.8) is 0 Å². The summed E-state index contributed by atoms with van der Waals surface area (Å²) in [6, 6.07) is 4.32. The van der Waals surface area contributed by atoms with Gasteiger partial charge in [0, 0.05) is 6.20 Å². The first-order valence-corrected chi connectivity index (χ1v) is 4.89. The summed E-state index contributed by atoms with van der Waals surface area (Å²) in [6.45, 7) is 0. The molecule has 0 saturated heterocycles. The Labute approximate surface area is 120 Å². The van der Waals surface area contributed by atoms with Gasteiger partial charge in [-0.25, -0.2) is 4.98 Å². The summed E-state index contributed by atoms with van der Waals surface area (Å²) < 4.78 is 37.5. The number of benzene rings is 1. The average molecular weight is 314 g/mol. The molecule has 2 rings (SSSR count). The molecule has 19 heavy (non-hydrogen) atoms. The van der Waals surface area contributed by atoms with Crippen LogP contribution in [0.2, 0.25) is 0 Å². The topological polar surface area (TPSA) is 54.7 Å². The number of imidazole rings is 1. The van der Waals surface area contributed by atoms with E-state index in [2.05, 4.69) is 9.97 Å². The Morgan fingerprint density at radius 2 is 1.89 bits per heavy atom. The Bertz CT molecular complexity index is 500. The number of nitrogens with two attached hydrogens (primary N) is 1. The van der Waals surface area contributed by atoms with Crippen LogP contribution in [0.15, 0.2) is 36.8 Å². The van der Waals surface area contributed by atoms with E-state index in [0.717, 1.165) is 12.1 Å². The van der Waals surface area contributed by atoms with E-state index in [1.54, 1.807) is 6.07 Å². The second kappa shape index (κ2) is 6.79. The molecule has 0 amide bonds. The third kappa shape index (κ3) is 4.12. The van der Waals surface area contributed by atoms with Crippen molar-refractivity contribution in [2.24, 2.45) is 5.73 Å². The van der Waals surface area contributed by atoms with E-state index >= 15 is 0 Å². The predicted octanol–water partition coefficient (Wildman–Crippen LogP) is 3.32. The van der Waals surface area contributed by atoms with Gasteiger partial charge < -0.3 is 10.7 Å².